The van der Waals surface area contributed by atoms with Crippen molar-refractivity contribution >= 4 is 21.6 Å². The van der Waals surface area contributed by atoms with Gasteiger partial charge >= 0.3 is 0 Å². The molecular formula is C14H22N2O3S. The third-order valence-electron chi connectivity index (χ3n) is 3.03. The lowest BCUT2D eigenvalue weighted by Gasteiger charge is -2.11. The van der Waals surface area contributed by atoms with E-state index in [1.54, 1.807) is 12.1 Å². The minimum Gasteiger partial charge on any atom is -0.326 e. The van der Waals surface area contributed by atoms with Gasteiger partial charge in [-0.2, -0.15) is 0 Å². The molecule has 0 bridgehead atoms. The van der Waals surface area contributed by atoms with Crippen LogP contribution >= 0.6 is 0 Å². The van der Waals surface area contributed by atoms with E-state index in [-0.39, 0.29) is 16.7 Å². The van der Waals surface area contributed by atoms with E-state index in [2.05, 4.69) is 10.0 Å². The van der Waals surface area contributed by atoms with Crippen LogP contribution in [0.25, 0.3) is 0 Å². The zero-order valence-electron chi connectivity index (χ0n) is 12.1. The summed E-state index contributed by atoms with van der Waals surface area (Å²) in [6, 6.07) is 6.18. The van der Waals surface area contributed by atoms with Crippen molar-refractivity contribution in [2.24, 2.45) is 5.92 Å². The maximum absolute atomic E-state index is 11.9. The van der Waals surface area contributed by atoms with Gasteiger partial charge in [-0.15, -0.1) is 0 Å². The number of carbonyl (C=O) groups is 1. The molecule has 0 fully saturated rings. The second kappa shape index (κ2) is 7.40. The third kappa shape index (κ3) is 4.61. The van der Waals surface area contributed by atoms with Gasteiger partial charge in [0.1, 0.15) is 0 Å². The van der Waals surface area contributed by atoms with Gasteiger partial charge in [0.05, 0.1) is 4.90 Å². The molecule has 1 rings (SSSR count). The molecule has 0 aliphatic carbocycles. The molecular weight excluding hydrogens is 276 g/mol. The van der Waals surface area contributed by atoms with Crippen LogP contribution in [-0.2, 0) is 14.8 Å². The highest BCUT2D eigenvalue weighted by atomic mass is 32.2. The van der Waals surface area contributed by atoms with E-state index in [0.717, 1.165) is 12.8 Å². The number of anilines is 1. The zero-order chi connectivity index (χ0) is 15.2. The van der Waals surface area contributed by atoms with Crippen molar-refractivity contribution in [2.45, 2.75) is 38.5 Å². The van der Waals surface area contributed by atoms with E-state index in [1.165, 1.54) is 12.1 Å². The third-order valence-corrected chi connectivity index (χ3v) is 4.51. The van der Waals surface area contributed by atoms with Gasteiger partial charge in [-0.3, -0.25) is 4.79 Å². The van der Waals surface area contributed by atoms with Crippen molar-refractivity contribution < 1.29 is 13.2 Å². The first-order valence-electron chi connectivity index (χ1n) is 6.81. The van der Waals surface area contributed by atoms with Crippen molar-refractivity contribution in [3.05, 3.63) is 24.3 Å². The molecule has 6 heteroatoms. The Morgan fingerprint density at radius 3 is 2.30 bits per heavy atom. The summed E-state index contributed by atoms with van der Waals surface area (Å²) >= 11 is 0. The predicted octanol–water partition coefficient (Wildman–Crippen LogP) is 2.36. The number of hydrogen-bond acceptors (Lipinski definition) is 3. The van der Waals surface area contributed by atoms with Crippen molar-refractivity contribution in [1.82, 2.24) is 4.72 Å². The van der Waals surface area contributed by atoms with Crippen LogP contribution in [-0.4, -0.2) is 20.9 Å². The van der Waals surface area contributed by atoms with Gasteiger partial charge in [0.15, 0.2) is 0 Å². The Hall–Kier alpha value is -1.40. The number of nitrogens with one attached hydrogen (secondary N) is 2. The van der Waals surface area contributed by atoms with E-state index < -0.39 is 10.0 Å². The SMILES string of the molecule is CCCNS(=O)(=O)c1ccc(NC(=O)C(C)CC)cc1. The van der Waals surface area contributed by atoms with Crippen LogP contribution in [0.1, 0.15) is 33.6 Å². The molecule has 112 valence electrons. The van der Waals surface area contributed by atoms with E-state index >= 15 is 0 Å². The Kier molecular flexibility index (Phi) is 6.16. The summed E-state index contributed by atoms with van der Waals surface area (Å²) in [4.78, 5) is 11.9. The summed E-state index contributed by atoms with van der Waals surface area (Å²) < 4.78 is 26.3. The Bertz CT molecular complexity index is 538. The Morgan fingerprint density at radius 1 is 1.20 bits per heavy atom. The van der Waals surface area contributed by atoms with Crippen LogP contribution in [0.4, 0.5) is 5.69 Å². The molecule has 0 radical (unpaired) electrons. The number of sulfonamides is 1. The molecule has 0 aliphatic heterocycles. The summed E-state index contributed by atoms with van der Waals surface area (Å²) in [5.41, 5.74) is 0.602. The number of rotatable bonds is 7. The highest BCUT2D eigenvalue weighted by Gasteiger charge is 2.14. The van der Waals surface area contributed by atoms with Crippen LogP contribution in [0.15, 0.2) is 29.2 Å². The van der Waals surface area contributed by atoms with Gasteiger partial charge in [-0.25, -0.2) is 13.1 Å². The fourth-order valence-corrected chi connectivity index (χ4v) is 2.62. The summed E-state index contributed by atoms with van der Waals surface area (Å²) in [5.74, 6) is -0.128. The summed E-state index contributed by atoms with van der Waals surface area (Å²) in [5, 5.41) is 2.76. The maximum Gasteiger partial charge on any atom is 0.240 e. The smallest absolute Gasteiger partial charge is 0.240 e. The van der Waals surface area contributed by atoms with Gasteiger partial charge in [0.25, 0.3) is 0 Å². The molecule has 1 aromatic rings. The zero-order valence-corrected chi connectivity index (χ0v) is 13.0. The molecule has 0 aromatic heterocycles. The molecule has 20 heavy (non-hydrogen) atoms. The molecule has 1 amide bonds. The fourth-order valence-electron chi connectivity index (χ4n) is 1.49. The van der Waals surface area contributed by atoms with Gasteiger partial charge in [-0.1, -0.05) is 20.8 Å². The normalized spacial score (nSPS) is 12.9. The topological polar surface area (TPSA) is 75.3 Å². The number of benzene rings is 1. The van der Waals surface area contributed by atoms with Crippen LogP contribution in [0.5, 0.6) is 0 Å². The van der Waals surface area contributed by atoms with Crippen molar-refractivity contribution in [1.29, 1.82) is 0 Å². The van der Waals surface area contributed by atoms with Crippen molar-refractivity contribution in [3.63, 3.8) is 0 Å². The summed E-state index contributed by atoms with van der Waals surface area (Å²) in [6.07, 6.45) is 1.50. The molecule has 1 aromatic carbocycles. The van der Waals surface area contributed by atoms with Crippen LogP contribution in [0, 0.1) is 5.92 Å². The molecule has 0 heterocycles. The molecule has 0 saturated carbocycles. The number of amides is 1. The Morgan fingerprint density at radius 2 is 1.80 bits per heavy atom. The molecule has 0 saturated heterocycles. The van der Waals surface area contributed by atoms with Gasteiger partial charge < -0.3 is 5.32 Å². The van der Waals surface area contributed by atoms with Gasteiger partial charge in [-0.05, 0) is 37.1 Å². The van der Waals surface area contributed by atoms with Crippen LogP contribution in [0.3, 0.4) is 0 Å². The minimum absolute atomic E-state index is 0.0628. The lowest BCUT2D eigenvalue weighted by molar-refractivity contribution is -0.119. The highest BCUT2D eigenvalue weighted by molar-refractivity contribution is 7.89. The Labute approximate surface area is 120 Å². The first kappa shape index (κ1) is 16.7. The average molecular weight is 298 g/mol. The predicted molar refractivity (Wildman–Crippen MR) is 80.0 cm³/mol. The quantitative estimate of drug-likeness (QED) is 0.811. The van der Waals surface area contributed by atoms with E-state index in [0.29, 0.717) is 12.2 Å². The molecule has 0 spiro atoms. The first-order valence-corrected chi connectivity index (χ1v) is 8.29. The standard InChI is InChI=1S/C14H22N2O3S/c1-4-10-15-20(18,19)13-8-6-12(7-9-13)16-14(17)11(3)5-2/h6-9,11,15H,4-5,10H2,1-3H3,(H,16,17). The van der Waals surface area contributed by atoms with Crippen molar-refractivity contribution in [2.75, 3.05) is 11.9 Å². The average Bonchev–Trinajstić information content (AvgIpc) is 2.44. The first-order chi connectivity index (χ1) is 9.40. The summed E-state index contributed by atoms with van der Waals surface area (Å²) in [7, 11) is -3.45. The van der Waals surface area contributed by atoms with E-state index in [1.807, 2.05) is 20.8 Å². The molecule has 1 atom stereocenters. The van der Waals surface area contributed by atoms with E-state index in [4.69, 9.17) is 0 Å². The molecule has 2 N–H and O–H groups in total. The Balaban J connectivity index is 2.76. The molecule has 0 aliphatic rings. The molecule has 1 unspecified atom stereocenters. The highest BCUT2D eigenvalue weighted by Crippen LogP contribution is 2.15. The maximum atomic E-state index is 11.9. The van der Waals surface area contributed by atoms with Crippen LogP contribution in [0.2, 0.25) is 0 Å². The summed E-state index contributed by atoms with van der Waals surface area (Å²) in [6.45, 7) is 6.10. The van der Waals surface area contributed by atoms with Crippen LogP contribution < -0.4 is 10.0 Å². The number of carbonyl (C=O) groups excluding carboxylic acids is 1. The van der Waals surface area contributed by atoms with Crippen molar-refractivity contribution in [3.8, 4) is 0 Å². The minimum atomic E-state index is -3.45. The second-order valence-corrected chi connectivity index (χ2v) is 6.49. The number of hydrogen-bond donors (Lipinski definition) is 2. The molecule has 5 nitrogen and oxygen atoms in total. The monoisotopic (exact) mass is 298 g/mol. The fraction of sp³-hybridized carbons (Fsp3) is 0.500. The lowest BCUT2D eigenvalue weighted by Crippen LogP contribution is -2.24. The second-order valence-electron chi connectivity index (χ2n) is 4.72. The van der Waals surface area contributed by atoms with Gasteiger partial charge in [0.2, 0.25) is 15.9 Å². The van der Waals surface area contributed by atoms with Gasteiger partial charge in [0, 0.05) is 18.2 Å². The largest absolute Gasteiger partial charge is 0.326 e. The lowest BCUT2D eigenvalue weighted by atomic mass is 10.1. The van der Waals surface area contributed by atoms with E-state index in [9.17, 15) is 13.2 Å².